The van der Waals surface area contributed by atoms with Crippen molar-refractivity contribution in [2.45, 2.75) is 162 Å². The van der Waals surface area contributed by atoms with Crippen molar-refractivity contribution in [1.82, 2.24) is 45.5 Å². The summed E-state index contributed by atoms with van der Waals surface area (Å²) in [4.78, 5) is 131. The molecule has 0 spiro atoms. The molecule has 108 heavy (non-hydrogen) atoms. The number of ether oxygens (including phenoxy) is 3. The number of nitrogens with one attached hydrogen (secondary N) is 4. The van der Waals surface area contributed by atoms with Gasteiger partial charge in [-0.15, -0.1) is 0 Å². The average molecular weight is 1520 g/mol. The maximum Gasteiger partial charge on any atom is 0.407 e. The summed E-state index contributed by atoms with van der Waals surface area (Å²) in [6, 6.07) is 19.8. The molecule has 5 heterocycles. The first kappa shape index (κ1) is 79.5. The zero-order valence-electron chi connectivity index (χ0n) is 62.1. The number of nitrogens with zero attached hydrogens (tertiary/aromatic N) is 7. The molecule has 4 fully saturated rings. The summed E-state index contributed by atoms with van der Waals surface area (Å²) < 4.78 is 53.9. The molecule has 4 atom stereocenters. The lowest BCUT2D eigenvalue weighted by molar-refractivity contribution is -0.248. The van der Waals surface area contributed by atoms with Gasteiger partial charge in [0.05, 0.1) is 47.0 Å². The molecule has 2 unspecified atom stereocenters. The van der Waals surface area contributed by atoms with Crippen LogP contribution in [0.2, 0.25) is 0 Å². The van der Waals surface area contributed by atoms with E-state index in [0.717, 1.165) is 64.9 Å². The fourth-order valence-electron chi connectivity index (χ4n) is 17.5. The number of para-hydroxylation sites is 1. The molecule has 3 aromatic heterocycles. The van der Waals surface area contributed by atoms with Gasteiger partial charge in [-0.05, 0) is 160 Å². The Labute approximate surface area is 632 Å². The molecule has 6 aliphatic rings. The van der Waals surface area contributed by atoms with E-state index >= 15 is 0 Å². The molecule has 7 amide bonds. The number of nitrogens with two attached hydrogens (primary N) is 1. The Balaban J connectivity index is 0.701. The maximum atomic E-state index is 14.4. The van der Waals surface area contributed by atoms with Crippen LogP contribution in [0.3, 0.4) is 0 Å². The highest BCUT2D eigenvalue weighted by Gasteiger charge is 2.66. The van der Waals surface area contributed by atoms with Gasteiger partial charge in [0.2, 0.25) is 5.91 Å². The van der Waals surface area contributed by atoms with E-state index in [9.17, 15) is 61.2 Å². The van der Waals surface area contributed by atoms with E-state index < -0.39 is 52.0 Å². The normalized spacial score (nSPS) is 20.6. The fraction of sp³-hybridized carbons (Fsp3) is 0.513. The number of carbonyl (C=O) groups excluding carboxylic acids is 8. The molecule has 6 aromatic rings. The Hall–Kier alpha value is -9.49. The highest BCUT2D eigenvalue weighted by molar-refractivity contribution is 7.85. The first-order valence-electron chi connectivity index (χ1n) is 37.0. The van der Waals surface area contributed by atoms with Crippen molar-refractivity contribution in [3.63, 3.8) is 0 Å². The molecule has 578 valence electrons. The van der Waals surface area contributed by atoms with Crippen molar-refractivity contribution in [3.8, 4) is 16.9 Å². The van der Waals surface area contributed by atoms with Crippen LogP contribution in [0.5, 0.6) is 5.75 Å². The molecule has 12 rings (SSSR count). The molecule has 0 radical (unpaired) electrons. The number of carbonyl (C=O) groups is 9. The highest BCUT2D eigenvalue weighted by atomic mass is 32.2. The minimum atomic E-state index is -4.09. The number of carboxylic acids is 1. The molecule has 8 N–H and O–H groups in total. The second-order valence-electron chi connectivity index (χ2n) is 31.0. The molecule has 4 aliphatic carbocycles. The first-order valence-corrected chi connectivity index (χ1v) is 39.4. The fourth-order valence-corrected chi connectivity index (χ4v) is 18.9. The number of hydrogen-bond donors (Lipinski definition) is 7. The Morgan fingerprint density at radius 3 is 2.24 bits per heavy atom. The van der Waals surface area contributed by atoms with Gasteiger partial charge in [-0.25, -0.2) is 24.4 Å². The summed E-state index contributed by atoms with van der Waals surface area (Å²) in [5.74, 6) is -3.60. The monoisotopic (exact) mass is 1520 g/mol. The van der Waals surface area contributed by atoms with Gasteiger partial charge in [-0.3, -0.25) is 48.2 Å². The first-order chi connectivity index (χ1) is 51.4. The molecule has 30 heteroatoms. The van der Waals surface area contributed by atoms with E-state index in [1.807, 2.05) is 66.6 Å². The topological polar surface area (TPSA) is 383 Å². The van der Waals surface area contributed by atoms with Gasteiger partial charge in [-0.1, -0.05) is 81.9 Å². The summed E-state index contributed by atoms with van der Waals surface area (Å²) in [5.41, 5.74) is 10.3. The number of anilines is 2. The number of pyridine rings is 1. The Bertz CT molecular complexity index is 4470. The van der Waals surface area contributed by atoms with E-state index in [4.69, 9.17) is 30.0 Å². The molecule has 0 saturated heterocycles. The zero-order valence-corrected chi connectivity index (χ0v) is 63.8. The number of urea groups is 1. The Morgan fingerprint density at radius 2 is 1.54 bits per heavy atom. The number of hydrogen-bond acceptors (Lipinski definition) is 20. The van der Waals surface area contributed by atoms with Crippen molar-refractivity contribution < 1.29 is 75.4 Å². The number of carboxylic acid groups (broad SMARTS) is 1. The summed E-state index contributed by atoms with van der Waals surface area (Å²) in [6.07, 6.45) is 11.9. The van der Waals surface area contributed by atoms with Crippen LogP contribution in [0.4, 0.5) is 20.5 Å². The summed E-state index contributed by atoms with van der Waals surface area (Å²) in [5, 5.41) is 27.4. The van der Waals surface area contributed by atoms with Crippen molar-refractivity contribution >= 4 is 95.9 Å². The lowest BCUT2D eigenvalue weighted by atomic mass is 9.39. The van der Waals surface area contributed by atoms with Crippen molar-refractivity contribution in [2.75, 3.05) is 75.5 Å². The van der Waals surface area contributed by atoms with E-state index in [1.165, 1.54) is 23.5 Å². The maximum absolute atomic E-state index is 14.4. The highest BCUT2D eigenvalue weighted by Crippen LogP contribution is 2.72. The van der Waals surface area contributed by atoms with Crippen LogP contribution in [-0.2, 0) is 76.1 Å². The van der Waals surface area contributed by atoms with Crippen LogP contribution in [0.1, 0.15) is 160 Å². The number of alkyl carbamates (subject to hydrolysis) is 1. The van der Waals surface area contributed by atoms with E-state index in [-0.39, 0.29) is 134 Å². The number of amides is 7. The van der Waals surface area contributed by atoms with Gasteiger partial charge in [0, 0.05) is 111 Å². The number of unbranched alkanes of at least 4 members (excludes halogenated alkanes) is 2. The molecule has 4 bridgehead atoms. The SMILES string of the molecule is Cc1c(-c2ccc(N3CCc4c(OCCNC(=O)OCc5ccc(CC(=O)[C@H](CCCNC(N)=O)NC(=O)[C@@H](CC(=O)CCCCCN6C(=O)C=CC6=O)C(C)C)cc5)ccc(C(=O)Nc5nc6ccccc6s5)c4C3)nc2C(=O)O)cnn1CC12CC3(C)CC(C)(C1)CC(OCCN(C)CCS(=O)(=O)O)(C3)C2. The number of rotatable bonds is 38. The van der Waals surface area contributed by atoms with Gasteiger partial charge in [0.1, 0.15) is 30.6 Å². The van der Waals surface area contributed by atoms with Crippen molar-refractivity contribution in [2.24, 2.45) is 33.8 Å². The predicted octanol–water partition coefficient (Wildman–Crippen LogP) is 9.40. The molecular weight excluding hydrogens is 1430 g/mol. The summed E-state index contributed by atoms with van der Waals surface area (Å²) in [6.45, 7) is 13.0. The molecule has 4 saturated carbocycles. The largest absolute Gasteiger partial charge is 0.491 e. The van der Waals surface area contributed by atoms with Gasteiger partial charge in [-0.2, -0.15) is 13.5 Å². The van der Waals surface area contributed by atoms with Gasteiger partial charge in [0.15, 0.2) is 16.6 Å². The smallest absolute Gasteiger partial charge is 0.407 e. The van der Waals surface area contributed by atoms with Crippen LogP contribution in [0.15, 0.2) is 91.1 Å². The quantitative estimate of drug-likeness (QED) is 0.0108. The number of ketones is 2. The number of aromatic nitrogens is 4. The van der Waals surface area contributed by atoms with Crippen LogP contribution in [-0.4, -0.2) is 178 Å². The number of thiazole rings is 1. The molecular formula is C78H98N12O16S2. The number of likely N-dealkylation sites (N-methyl/N-ethyl adjacent to an activating group) is 1. The number of fused-ring (bicyclic) bond motifs is 2. The summed E-state index contributed by atoms with van der Waals surface area (Å²) >= 11 is 1.34. The number of Topliss-reactive ketones (excluding diaryl/α,β-unsaturated/α-hetero) is 2. The lowest BCUT2D eigenvalue weighted by Gasteiger charge is -2.69. The third-order valence-electron chi connectivity index (χ3n) is 21.6. The van der Waals surface area contributed by atoms with E-state index in [0.29, 0.717) is 108 Å². The van der Waals surface area contributed by atoms with Gasteiger partial charge < -0.3 is 50.8 Å². The number of aromatic carboxylic acids is 1. The van der Waals surface area contributed by atoms with Crippen molar-refractivity contribution in [1.29, 1.82) is 0 Å². The predicted molar refractivity (Wildman–Crippen MR) is 405 cm³/mol. The minimum Gasteiger partial charge on any atom is -0.491 e. The third-order valence-corrected chi connectivity index (χ3v) is 23.2. The van der Waals surface area contributed by atoms with Crippen LogP contribution < -0.4 is 36.6 Å². The van der Waals surface area contributed by atoms with Gasteiger partial charge >= 0.3 is 18.1 Å². The molecule has 2 aliphatic heterocycles. The molecule has 28 nitrogen and oxygen atoms in total. The number of imide groups is 1. The van der Waals surface area contributed by atoms with Gasteiger partial charge in [0.25, 0.3) is 27.8 Å². The van der Waals surface area contributed by atoms with E-state index in [1.54, 1.807) is 54.7 Å². The van der Waals surface area contributed by atoms with Crippen molar-refractivity contribution in [3.05, 3.63) is 130 Å². The standard InChI is InChI=1S/C78H98N12O16S2/c1-49(2)57(38-53(91)13-8-7-11-30-89-66(93)25-26-67(89)94)70(96)83-60(15-12-28-80-72(79)99)62(92)37-51-17-19-52(20-18-51)41-105-74(100)81-29-34-104-63-23-21-56(69(95)86-73-84-61-14-9-10-16-64(61)107-73)59-40-88(31-27-54(59)63)65-24-22-55(68(85-65)71(97)98)58-39-82-90(50(58)3)48-77-43-75(4)42-76(5,44-77)46-78(45-75,47-77)106-35-32-87(6)33-36-108(101,102)103/h9-10,14,16-26,39,49,57,60H,7-8,11-13,15,27-38,40-48H2,1-6H3,(H,81,100)(H,83,96)(H,97,98)(H3,79,80,99)(H,84,86,95)(H,101,102,103)/t57-,60-,75?,76?,77?,78?/m0/s1. The van der Waals surface area contributed by atoms with Crippen LogP contribution >= 0.6 is 11.3 Å². The average Bonchev–Trinajstić information content (AvgIpc) is 0.865. The number of benzene rings is 3. The molecule has 3 aromatic carbocycles. The van der Waals surface area contributed by atoms with Crippen LogP contribution in [0.25, 0.3) is 21.3 Å². The van der Waals surface area contributed by atoms with E-state index in [2.05, 4.69) is 40.1 Å². The Kier molecular flexibility index (Phi) is 25.0. The minimum absolute atomic E-state index is 0.0268. The second-order valence-corrected chi connectivity index (χ2v) is 33.6. The Morgan fingerprint density at radius 1 is 0.806 bits per heavy atom. The number of primary amides is 1. The summed E-state index contributed by atoms with van der Waals surface area (Å²) in [7, 11) is -2.27. The van der Waals surface area contributed by atoms with Crippen LogP contribution in [0, 0.1) is 35.0 Å². The lowest BCUT2D eigenvalue weighted by Crippen LogP contribution is -2.64. The third kappa shape index (κ3) is 20.1. The zero-order chi connectivity index (χ0) is 77.3. The second kappa shape index (κ2) is 34.0.